The molecule has 2 N–H and O–H groups in total. The molecule has 0 saturated carbocycles. The number of anilines is 1. The number of β-amino-alcohol motifs (C(OH)–C–C–N with tert-alkyl or cyclic N) is 1. The lowest BCUT2D eigenvalue weighted by atomic mass is 10.0. The second-order valence-corrected chi connectivity index (χ2v) is 7.75. The van der Waals surface area contributed by atoms with Crippen LogP contribution in [0.25, 0.3) is 0 Å². The smallest absolute Gasteiger partial charge is 0.244 e. The Morgan fingerprint density at radius 2 is 2.05 bits per heavy atom. The summed E-state index contributed by atoms with van der Waals surface area (Å²) in [7, 11) is -3.74. The molecule has 0 bridgehead atoms. The van der Waals surface area contributed by atoms with E-state index in [9.17, 15) is 18.3 Å². The van der Waals surface area contributed by atoms with Crippen LogP contribution < -0.4 is 5.32 Å². The highest BCUT2D eigenvalue weighted by molar-refractivity contribution is 7.89. The second kappa shape index (κ2) is 4.17. The standard InChI is InChI=1S/C12H13ClN2O4S/c1-12(17)5-15(6-12)20(18,19)10-2-7-3-11(16)14-9(7)4-8(10)13/h2,4,17H,3,5-6H2,1H3,(H,14,16). The molecule has 1 fully saturated rings. The zero-order valence-electron chi connectivity index (χ0n) is 10.7. The fraction of sp³-hybridized carbons (Fsp3) is 0.417. The first kappa shape index (κ1) is 13.8. The van der Waals surface area contributed by atoms with Crippen molar-refractivity contribution in [3.05, 3.63) is 22.7 Å². The first-order chi connectivity index (χ1) is 9.19. The van der Waals surface area contributed by atoms with Crippen molar-refractivity contribution in [2.24, 2.45) is 0 Å². The number of benzene rings is 1. The van der Waals surface area contributed by atoms with Gasteiger partial charge in [0.2, 0.25) is 15.9 Å². The normalized spacial score (nSPS) is 21.2. The van der Waals surface area contributed by atoms with Crippen LogP contribution in [0.1, 0.15) is 12.5 Å². The average Bonchev–Trinajstić information content (AvgIpc) is 2.63. The third-order valence-corrected chi connectivity index (χ3v) is 5.69. The van der Waals surface area contributed by atoms with E-state index in [4.69, 9.17) is 11.6 Å². The third-order valence-electron chi connectivity index (χ3n) is 3.43. The molecule has 0 aromatic heterocycles. The predicted molar refractivity (Wildman–Crippen MR) is 73.2 cm³/mol. The van der Waals surface area contributed by atoms with Crippen LogP contribution in [-0.2, 0) is 21.2 Å². The van der Waals surface area contributed by atoms with Gasteiger partial charge in [0.05, 0.1) is 17.0 Å². The molecular weight excluding hydrogens is 304 g/mol. The minimum absolute atomic E-state index is 0.0232. The summed E-state index contributed by atoms with van der Waals surface area (Å²) < 4.78 is 26.0. The molecule has 0 aliphatic carbocycles. The highest BCUT2D eigenvalue weighted by Gasteiger charge is 2.44. The van der Waals surface area contributed by atoms with Gasteiger partial charge in [-0.2, -0.15) is 4.31 Å². The van der Waals surface area contributed by atoms with E-state index in [0.29, 0.717) is 11.3 Å². The van der Waals surface area contributed by atoms with Gasteiger partial charge in [0.15, 0.2) is 0 Å². The summed E-state index contributed by atoms with van der Waals surface area (Å²) in [5, 5.41) is 12.3. The van der Waals surface area contributed by atoms with Gasteiger partial charge >= 0.3 is 0 Å². The van der Waals surface area contributed by atoms with Gasteiger partial charge in [0, 0.05) is 18.8 Å². The molecule has 0 atom stereocenters. The molecule has 8 heteroatoms. The molecule has 0 spiro atoms. The summed E-state index contributed by atoms with van der Waals surface area (Å²) in [5.74, 6) is -0.183. The lowest BCUT2D eigenvalue weighted by molar-refractivity contribution is -0.115. The number of nitrogens with one attached hydrogen (secondary N) is 1. The van der Waals surface area contributed by atoms with Gasteiger partial charge < -0.3 is 10.4 Å². The van der Waals surface area contributed by atoms with Crippen LogP contribution in [0.15, 0.2) is 17.0 Å². The maximum absolute atomic E-state index is 12.4. The van der Waals surface area contributed by atoms with E-state index in [1.54, 1.807) is 6.92 Å². The number of hydrogen-bond acceptors (Lipinski definition) is 4. The largest absolute Gasteiger partial charge is 0.387 e. The summed E-state index contributed by atoms with van der Waals surface area (Å²) in [6.07, 6.45) is 0.146. The maximum atomic E-state index is 12.4. The Morgan fingerprint density at radius 3 is 2.65 bits per heavy atom. The van der Waals surface area contributed by atoms with Gasteiger partial charge in [0.25, 0.3) is 0 Å². The van der Waals surface area contributed by atoms with E-state index in [1.807, 2.05) is 0 Å². The fourth-order valence-corrected chi connectivity index (χ4v) is 4.67. The van der Waals surface area contributed by atoms with Crippen LogP contribution in [0.2, 0.25) is 5.02 Å². The van der Waals surface area contributed by atoms with Crippen molar-refractivity contribution in [2.45, 2.75) is 23.8 Å². The van der Waals surface area contributed by atoms with Crippen LogP contribution in [-0.4, -0.2) is 42.4 Å². The van der Waals surface area contributed by atoms with Crippen molar-refractivity contribution >= 4 is 33.2 Å². The fourth-order valence-electron chi connectivity index (χ4n) is 2.45. The van der Waals surface area contributed by atoms with Crippen molar-refractivity contribution in [1.82, 2.24) is 4.31 Å². The van der Waals surface area contributed by atoms with Crippen molar-refractivity contribution in [1.29, 1.82) is 0 Å². The van der Waals surface area contributed by atoms with E-state index >= 15 is 0 Å². The zero-order chi connectivity index (χ0) is 14.7. The van der Waals surface area contributed by atoms with Crippen molar-refractivity contribution in [3.8, 4) is 0 Å². The highest BCUT2D eigenvalue weighted by atomic mass is 35.5. The molecule has 6 nitrogen and oxygen atoms in total. The van der Waals surface area contributed by atoms with E-state index in [0.717, 1.165) is 0 Å². The van der Waals surface area contributed by atoms with Gasteiger partial charge in [-0.15, -0.1) is 0 Å². The average molecular weight is 317 g/mol. The van der Waals surface area contributed by atoms with Gasteiger partial charge in [-0.25, -0.2) is 8.42 Å². The molecule has 0 unspecified atom stereocenters. The summed E-state index contributed by atoms with van der Waals surface area (Å²) in [6, 6.07) is 2.88. The summed E-state index contributed by atoms with van der Waals surface area (Å²) in [5.41, 5.74) is 0.174. The topological polar surface area (TPSA) is 86.7 Å². The Kier molecular flexibility index (Phi) is 2.88. The van der Waals surface area contributed by atoms with Crippen LogP contribution in [0.5, 0.6) is 0 Å². The SMILES string of the molecule is CC1(O)CN(S(=O)(=O)c2cc3c(cc2Cl)NC(=O)C3)C1. The number of rotatable bonds is 2. The Bertz CT molecular complexity index is 706. The molecule has 3 rings (SSSR count). The van der Waals surface area contributed by atoms with E-state index in [-0.39, 0.29) is 35.3 Å². The molecule has 2 heterocycles. The van der Waals surface area contributed by atoms with Crippen LogP contribution in [0.3, 0.4) is 0 Å². The monoisotopic (exact) mass is 316 g/mol. The first-order valence-electron chi connectivity index (χ1n) is 6.04. The van der Waals surface area contributed by atoms with Crippen molar-refractivity contribution in [2.75, 3.05) is 18.4 Å². The van der Waals surface area contributed by atoms with E-state index < -0.39 is 15.6 Å². The molecule has 1 aromatic rings. The van der Waals surface area contributed by atoms with Gasteiger partial charge in [-0.1, -0.05) is 11.6 Å². The number of sulfonamides is 1. The third kappa shape index (κ3) is 2.10. The minimum atomic E-state index is -3.74. The van der Waals surface area contributed by atoms with Gasteiger partial charge in [0.1, 0.15) is 4.90 Å². The van der Waals surface area contributed by atoms with Gasteiger partial charge in [-0.05, 0) is 24.6 Å². The summed E-state index contributed by atoms with van der Waals surface area (Å²) in [4.78, 5) is 11.3. The Hall–Kier alpha value is -1.15. The number of halogens is 1. The quantitative estimate of drug-likeness (QED) is 0.836. The Morgan fingerprint density at radius 1 is 1.40 bits per heavy atom. The lowest BCUT2D eigenvalue weighted by Crippen LogP contribution is -2.61. The van der Waals surface area contributed by atoms with Crippen molar-refractivity contribution < 1.29 is 18.3 Å². The summed E-state index contributed by atoms with van der Waals surface area (Å²) in [6.45, 7) is 1.66. The maximum Gasteiger partial charge on any atom is 0.244 e. The Balaban J connectivity index is 1.99. The van der Waals surface area contributed by atoms with Crippen LogP contribution in [0, 0.1) is 0 Å². The molecular formula is C12H13ClN2O4S. The zero-order valence-corrected chi connectivity index (χ0v) is 12.3. The molecule has 1 saturated heterocycles. The minimum Gasteiger partial charge on any atom is -0.387 e. The number of nitrogens with zero attached hydrogens (tertiary/aromatic N) is 1. The summed E-state index contributed by atoms with van der Waals surface area (Å²) >= 11 is 6.02. The molecule has 1 aromatic carbocycles. The molecule has 1 amide bonds. The second-order valence-electron chi connectivity index (χ2n) is 5.43. The molecule has 108 valence electrons. The van der Waals surface area contributed by atoms with Crippen LogP contribution >= 0.6 is 11.6 Å². The number of amides is 1. The van der Waals surface area contributed by atoms with Crippen molar-refractivity contribution in [3.63, 3.8) is 0 Å². The van der Waals surface area contributed by atoms with Gasteiger partial charge in [-0.3, -0.25) is 4.79 Å². The molecule has 2 aliphatic rings. The molecule has 0 radical (unpaired) electrons. The molecule has 2 aliphatic heterocycles. The molecule has 20 heavy (non-hydrogen) atoms. The number of carbonyl (C=O) groups is 1. The number of aliphatic hydroxyl groups is 1. The Labute approximate surface area is 121 Å². The van der Waals surface area contributed by atoms with E-state index in [1.165, 1.54) is 16.4 Å². The number of fused-ring (bicyclic) bond motifs is 1. The number of hydrogen-bond donors (Lipinski definition) is 2. The van der Waals surface area contributed by atoms with Crippen LogP contribution in [0.4, 0.5) is 5.69 Å². The lowest BCUT2D eigenvalue weighted by Gasteiger charge is -2.42. The first-order valence-corrected chi connectivity index (χ1v) is 7.86. The highest BCUT2D eigenvalue weighted by Crippen LogP contribution is 2.36. The number of carbonyl (C=O) groups excluding carboxylic acids is 1. The predicted octanol–water partition coefficient (Wildman–Crippen LogP) is 0.590. The van der Waals surface area contributed by atoms with E-state index in [2.05, 4.69) is 5.32 Å².